The van der Waals surface area contributed by atoms with Gasteiger partial charge in [0, 0.05) is 6.20 Å². The molecule has 1 fully saturated rings. The highest BCUT2D eigenvalue weighted by Crippen LogP contribution is 2.45. The Hall–Kier alpha value is -4.83. The fourth-order valence-electron chi connectivity index (χ4n) is 5.25. The largest absolute Gasteiger partial charge is 0.505 e. The van der Waals surface area contributed by atoms with Crippen LogP contribution in [0.3, 0.4) is 0 Å². The Morgan fingerprint density at radius 2 is 1.77 bits per heavy atom. The van der Waals surface area contributed by atoms with Gasteiger partial charge in [0.15, 0.2) is 10.9 Å². The molecule has 200 valence electrons. The number of methoxy groups -OCH3 is 1. The first-order valence-corrected chi connectivity index (χ1v) is 13.3. The molecule has 1 amide bonds. The number of hydrogen-bond donors (Lipinski definition) is 1. The molecule has 9 nitrogen and oxygen atoms in total. The number of aliphatic hydroxyl groups is 1. The van der Waals surface area contributed by atoms with E-state index in [0.717, 1.165) is 21.3 Å². The van der Waals surface area contributed by atoms with E-state index in [-0.39, 0.29) is 11.3 Å². The second kappa shape index (κ2) is 9.42. The van der Waals surface area contributed by atoms with Crippen molar-refractivity contribution in [2.75, 3.05) is 12.0 Å². The maximum Gasteiger partial charge on any atom is 0.337 e. The molecule has 1 N–H and O–H groups in total. The van der Waals surface area contributed by atoms with Gasteiger partial charge < -0.3 is 9.84 Å². The second-order valence-electron chi connectivity index (χ2n) is 9.68. The molecule has 1 saturated heterocycles. The molecule has 5 aromatic rings. The molecule has 0 aliphatic carbocycles. The Morgan fingerprint density at radius 3 is 2.50 bits per heavy atom. The van der Waals surface area contributed by atoms with Gasteiger partial charge in [0.25, 0.3) is 5.78 Å². The lowest BCUT2D eigenvalue weighted by atomic mass is 9.95. The van der Waals surface area contributed by atoms with Gasteiger partial charge in [-0.3, -0.25) is 18.9 Å². The van der Waals surface area contributed by atoms with Crippen LogP contribution in [0.2, 0.25) is 0 Å². The smallest absolute Gasteiger partial charge is 0.337 e. The third kappa shape index (κ3) is 3.87. The number of anilines is 1. The van der Waals surface area contributed by atoms with Gasteiger partial charge in [0.05, 0.1) is 40.2 Å². The van der Waals surface area contributed by atoms with Crippen LogP contribution in [-0.2, 0) is 14.3 Å². The number of benzene rings is 2. The molecular weight excluding hydrogens is 528 g/mol. The van der Waals surface area contributed by atoms with Gasteiger partial charge in [0.1, 0.15) is 11.3 Å². The van der Waals surface area contributed by atoms with Crippen molar-refractivity contribution < 1.29 is 24.2 Å². The summed E-state index contributed by atoms with van der Waals surface area (Å²) < 4.78 is 7.38. The highest BCUT2D eigenvalue weighted by atomic mass is 32.1. The summed E-state index contributed by atoms with van der Waals surface area (Å²) in [5.74, 6) is -2.49. The van der Waals surface area contributed by atoms with Crippen molar-refractivity contribution in [3.8, 4) is 0 Å². The van der Waals surface area contributed by atoms with Crippen molar-refractivity contribution in [3.63, 3.8) is 0 Å². The van der Waals surface area contributed by atoms with E-state index in [1.54, 1.807) is 53.9 Å². The summed E-state index contributed by atoms with van der Waals surface area (Å²) in [5, 5.41) is 12.0. The highest BCUT2D eigenvalue weighted by Gasteiger charge is 2.48. The molecule has 1 unspecified atom stereocenters. The van der Waals surface area contributed by atoms with Crippen molar-refractivity contribution in [3.05, 3.63) is 100 Å². The van der Waals surface area contributed by atoms with Crippen LogP contribution in [0, 0.1) is 20.8 Å². The third-order valence-corrected chi connectivity index (χ3v) is 8.05. The first-order valence-electron chi connectivity index (χ1n) is 12.5. The number of imidazole rings is 1. The number of Topliss-reactive ketones (excluding diaryl/α,β-unsaturated/α-hetero) is 1. The summed E-state index contributed by atoms with van der Waals surface area (Å²) in [6.07, 6.45) is 1.74. The Balaban J connectivity index is 1.60. The number of hydrogen-bond acceptors (Lipinski definition) is 8. The molecule has 40 heavy (non-hydrogen) atoms. The molecular formula is C30H24N4O5S. The Bertz CT molecular complexity index is 1900. The standard InChI is InChI=1S/C30H24N4O5S/c1-15-13-16(2)23-20(14-15)40-30(32-23)34-25(18-8-10-19(11-9-18)29(38)39-4)22(27(36)28(34)37)26(35)24-17(3)31-21-7-5-6-12-33(21)24/h5-14,25,35H,1-4H3/b26-22+. The van der Waals surface area contributed by atoms with E-state index in [1.165, 1.54) is 23.3 Å². The monoisotopic (exact) mass is 552 g/mol. The number of aromatic nitrogens is 3. The van der Waals surface area contributed by atoms with Gasteiger partial charge in [-0.2, -0.15) is 0 Å². The van der Waals surface area contributed by atoms with Crippen LogP contribution in [0.5, 0.6) is 0 Å². The van der Waals surface area contributed by atoms with Crippen LogP contribution in [-0.4, -0.2) is 44.2 Å². The van der Waals surface area contributed by atoms with E-state index in [4.69, 9.17) is 9.72 Å². The van der Waals surface area contributed by atoms with Crippen molar-refractivity contribution in [1.29, 1.82) is 0 Å². The number of ether oxygens (including phenoxy) is 1. The van der Waals surface area contributed by atoms with Crippen LogP contribution in [0.15, 0.2) is 66.4 Å². The van der Waals surface area contributed by atoms with Crippen molar-refractivity contribution in [2.45, 2.75) is 26.8 Å². The lowest BCUT2D eigenvalue weighted by Gasteiger charge is -2.23. The van der Waals surface area contributed by atoms with Gasteiger partial charge in [-0.15, -0.1) is 0 Å². The van der Waals surface area contributed by atoms with Crippen LogP contribution < -0.4 is 4.90 Å². The van der Waals surface area contributed by atoms with Gasteiger partial charge >= 0.3 is 11.9 Å². The van der Waals surface area contributed by atoms with Crippen molar-refractivity contribution >= 4 is 55.8 Å². The predicted octanol–water partition coefficient (Wildman–Crippen LogP) is 5.28. The molecule has 1 aliphatic heterocycles. The minimum Gasteiger partial charge on any atom is -0.505 e. The topological polar surface area (TPSA) is 114 Å². The van der Waals surface area contributed by atoms with Gasteiger partial charge in [-0.1, -0.05) is 35.6 Å². The minimum absolute atomic E-state index is 0.0864. The van der Waals surface area contributed by atoms with E-state index >= 15 is 0 Å². The fourth-order valence-corrected chi connectivity index (χ4v) is 6.42. The molecule has 6 rings (SSSR count). The average molecular weight is 553 g/mol. The molecule has 4 heterocycles. The van der Waals surface area contributed by atoms with E-state index in [2.05, 4.69) is 4.98 Å². The number of esters is 1. The number of aryl methyl sites for hydroxylation is 3. The summed E-state index contributed by atoms with van der Waals surface area (Å²) in [6.45, 7) is 5.67. The number of rotatable bonds is 4. The number of pyridine rings is 1. The SMILES string of the molecule is COC(=O)c1ccc(C2/C(=C(\O)c3c(C)nc4ccccn34)C(=O)C(=O)N2c2nc3c(C)cc(C)cc3s2)cc1. The number of carbonyl (C=O) groups excluding carboxylic acids is 3. The second-order valence-corrected chi connectivity index (χ2v) is 10.7. The Kier molecular flexibility index (Phi) is 5.99. The quantitative estimate of drug-likeness (QED) is 0.140. The normalized spacial score (nSPS) is 16.8. The van der Waals surface area contributed by atoms with E-state index in [1.807, 2.05) is 32.0 Å². The van der Waals surface area contributed by atoms with Crippen LogP contribution in [0.25, 0.3) is 21.6 Å². The zero-order valence-corrected chi connectivity index (χ0v) is 22.9. The first kappa shape index (κ1) is 25.4. The molecule has 0 saturated carbocycles. The molecule has 1 atom stereocenters. The van der Waals surface area contributed by atoms with Crippen molar-refractivity contribution in [2.24, 2.45) is 0 Å². The average Bonchev–Trinajstić information content (AvgIpc) is 3.59. The number of fused-ring (bicyclic) bond motifs is 2. The molecule has 0 radical (unpaired) electrons. The molecule has 2 aromatic carbocycles. The zero-order chi connectivity index (χ0) is 28.3. The van der Waals surface area contributed by atoms with Crippen LogP contribution in [0.1, 0.15) is 44.5 Å². The molecule has 0 bridgehead atoms. The van der Waals surface area contributed by atoms with Crippen LogP contribution in [0.4, 0.5) is 5.13 Å². The Morgan fingerprint density at radius 1 is 1.02 bits per heavy atom. The summed E-state index contributed by atoms with van der Waals surface area (Å²) >= 11 is 1.30. The summed E-state index contributed by atoms with van der Waals surface area (Å²) in [5.41, 5.74) is 4.91. The minimum atomic E-state index is -0.998. The molecule has 1 aliphatic rings. The number of ketones is 1. The molecule has 3 aromatic heterocycles. The zero-order valence-electron chi connectivity index (χ0n) is 22.1. The number of nitrogens with zero attached hydrogens (tertiary/aromatic N) is 4. The lowest BCUT2D eigenvalue weighted by molar-refractivity contribution is -0.132. The maximum atomic E-state index is 13.7. The number of thiazole rings is 1. The Labute approximate surface area is 233 Å². The number of amides is 1. The van der Waals surface area contributed by atoms with E-state index in [0.29, 0.717) is 33.3 Å². The molecule has 10 heteroatoms. The van der Waals surface area contributed by atoms with E-state index < -0.39 is 23.7 Å². The summed E-state index contributed by atoms with van der Waals surface area (Å²) in [7, 11) is 1.29. The third-order valence-electron chi connectivity index (χ3n) is 7.05. The predicted molar refractivity (Wildman–Crippen MR) is 152 cm³/mol. The molecule has 0 spiro atoms. The van der Waals surface area contributed by atoms with Gasteiger partial charge in [-0.25, -0.2) is 14.8 Å². The lowest BCUT2D eigenvalue weighted by Crippen LogP contribution is -2.29. The van der Waals surface area contributed by atoms with Gasteiger partial charge in [0.2, 0.25) is 0 Å². The van der Waals surface area contributed by atoms with Crippen molar-refractivity contribution in [1.82, 2.24) is 14.4 Å². The number of aliphatic hydroxyl groups excluding tert-OH is 1. The van der Waals surface area contributed by atoms with Gasteiger partial charge in [-0.05, 0) is 67.8 Å². The van der Waals surface area contributed by atoms with E-state index in [9.17, 15) is 19.5 Å². The van der Waals surface area contributed by atoms with Crippen LogP contribution >= 0.6 is 11.3 Å². The summed E-state index contributed by atoms with van der Waals surface area (Å²) in [4.78, 5) is 50.0. The fraction of sp³-hybridized carbons (Fsp3) is 0.167. The summed E-state index contributed by atoms with van der Waals surface area (Å²) in [6, 6.07) is 14.8. The first-order chi connectivity index (χ1) is 19.2. The highest BCUT2D eigenvalue weighted by molar-refractivity contribution is 7.22. The number of carbonyl (C=O) groups is 3. The maximum absolute atomic E-state index is 13.7.